The lowest BCUT2D eigenvalue weighted by Crippen LogP contribution is -2.50. The molecule has 4 nitrogen and oxygen atoms in total. The average Bonchev–Trinajstić information content (AvgIpc) is 3.26. The minimum atomic E-state index is -0.611. The topological polar surface area (TPSA) is 49.4 Å². The molecule has 2 aromatic rings. The summed E-state index contributed by atoms with van der Waals surface area (Å²) in [6.07, 6.45) is 4.21. The van der Waals surface area contributed by atoms with Crippen LogP contribution in [-0.2, 0) is 21.9 Å². The summed E-state index contributed by atoms with van der Waals surface area (Å²) < 4.78 is 14.9. The van der Waals surface area contributed by atoms with Gasteiger partial charge in [-0.3, -0.25) is 9.59 Å². The summed E-state index contributed by atoms with van der Waals surface area (Å²) in [6.45, 7) is 2.08. The zero-order valence-electron chi connectivity index (χ0n) is 18.0. The number of nitrogens with zero attached hydrogens (tertiary/aromatic N) is 1. The zero-order chi connectivity index (χ0) is 23.1. The molecule has 0 unspecified atom stereocenters. The van der Waals surface area contributed by atoms with E-state index in [1.165, 1.54) is 17.8 Å². The molecule has 0 aromatic heterocycles. The summed E-state index contributed by atoms with van der Waals surface area (Å²) in [4.78, 5) is 27.7. The summed E-state index contributed by atoms with van der Waals surface area (Å²) in [5.41, 5.74) is 1.31. The van der Waals surface area contributed by atoms with Crippen LogP contribution in [0.3, 0.4) is 0 Å². The highest BCUT2D eigenvalue weighted by molar-refractivity contribution is 9.10. The van der Waals surface area contributed by atoms with Gasteiger partial charge in [0.2, 0.25) is 11.8 Å². The van der Waals surface area contributed by atoms with E-state index in [2.05, 4.69) is 21.2 Å². The highest BCUT2D eigenvalue weighted by Gasteiger charge is 2.28. The minimum Gasteiger partial charge on any atom is -0.352 e. The van der Waals surface area contributed by atoms with Crippen LogP contribution in [0.5, 0.6) is 0 Å². The van der Waals surface area contributed by atoms with Gasteiger partial charge >= 0.3 is 0 Å². The van der Waals surface area contributed by atoms with Crippen LogP contribution in [0.25, 0.3) is 0 Å². The first-order valence-electron chi connectivity index (χ1n) is 10.7. The first kappa shape index (κ1) is 25.1. The molecule has 0 bridgehead atoms. The van der Waals surface area contributed by atoms with Crippen molar-refractivity contribution in [3.8, 4) is 0 Å². The van der Waals surface area contributed by atoms with E-state index >= 15 is 0 Å². The van der Waals surface area contributed by atoms with Crippen molar-refractivity contribution in [2.24, 2.45) is 0 Å². The molecule has 0 spiro atoms. The quantitative estimate of drug-likeness (QED) is 0.427. The Morgan fingerprint density at radius 3 is 2.66 bits per heavy atom. The summed E-state index contributed by atoms with van der Waals surface area (Å²) in [6, 6.07) is 11.8. The van der Waals surface area contributed by atoms with Gasteiger partial charge in [-0.1, -0.05) is 58.6 Å². The molecule has 1 aliphatic rings. The molecular formula is C24H27BrClFN2O2S. The maximum Gasteiger partial charge on any atom is 0.242 e. The molecule has 1 N–H and O–H groups in total. The molecule has 0 aliphatic heterocycles. The summed E-state index contributed by atoms with van der Waals surface area (Å²) in [5.74, 6) is -0.281. The SMILES string of the molecule is C[C@H](C(=O)NC1CCCC1)N(Cc1cccc(Br)c1)C(=O)CSCc1c(F)cccc1Cl. The van der Waals surface area contributed by atoms with Crippen molar-refractivity contribution >= 4 is 51.1 Å². The van der Waals surface area contributed by atoms with Crippen LogP contribution < -0.4 is 5.32 Å². The lowest BCUT2D eigenvalue weighted by atomic mass is 10.1. The van der Waals surface area contributed by atoms with Crippen LogP contribution in [0, 0.1) is 5.82 Å². The molecule has 0 radical (unpaired) electrons. The van der Waals surface area contributed by atoms with Crippen LogP contribution >= 0.6 is 39.3 Å². The summed E-state index contributed by atoms with van der Waals surface area (Å²) in [7, 11) is 0. The normalized spacial score (nSPS) is 14.9. The van der Waals surface area contributed by atoms with E-state index in [1.54, 1.807) is 24.0 Å². The van der Waals surface area contributed by atoms with Gasteiger partial charge in [0.15, 0.2) is 0 Å². The molecule has 1 atom stereocenters. The number of benzene rings is 2. The molecule has 0 heterocycles. The molecular weight excluding hydrogens is 515 g/mol. The van der Waals surface area contributed by atoms with E-state index in [0.717, 1.165) is 35.7 Å². The van der Waals surface area contributed by atoms with Gasteiger partial charge < -0.3 is 10.2 Å². The third-order valence-corrected chi connectivity index (χ3v) is 7.44. The van der Waals surface area contributed by atoms with E-state index in [4.69, 9.17) is 11.6 Å². The Morgan fingerprint density at radius 1 is 1.25 bits per heavy atom. The molecule has 2 amide bonds. The van der Waals surface area contributed by atoms with Crippen molar-refractivity contribution in [1.82, 2.24) is 10.2 Å². The number of nitrogens with one attached hydrogen (secondary N) is 1. The lowest BCUT2D eigenvalue weighted by Gasteiger charge is -2.29. The van der Waals surface area contributed by atoms with Gasteiger partial charge in [0.05, 0.1) is 5.75 Å². The van der Waals surface area contributed by atoms with Gasteiger partial charge in [0.1, 0.15) is 11.9 Å². The molecule has 1 fully saturated rings. The third kappa shape index (κ3) is 6.96. The van der Waals surface area contributed by atoms with Crippen molar-refractivity contribution < 1.29 is 14.0 Å². The highest BCUT2D eigenvalue weighted by atomic mass is 79.9. The second kappa shape index (κ2) is 12.1. The van der Waals surface area contributed by atoms with E-state index in [1.807, 2.05) is 24.3 Å². The Bertz CT molecular complexity index is 935. The largest absolute Gasteiger partial charge is 0.352 e. The van der Waals surface area contributed by atoms with Gasteiger partial charge in [-0.2, -0.15) is 0 Å². The van der Waals surface area contributed by atoms with Crippen LogP contribution in [0.1, 0.15) is 43.7 Å². The Labute approximate surface area is 206 Å². The summed E-state index contributed by atoms with van der Waals surface area (Å²) in [5, 5.41) is 3.44. The molecule has 0 saturated heterocycles. The second-order valence-corrected chi connectivity index (χ2v) is 10.3. The number of carbonyl (C=O) groups excluding carboxylic acids is 2. The van der Waals surface area contributed by atoms with Crippen molar-refractivity contribution in [3.63, 3.8) is 0 Å². The molecule has 32 heavy (non-hydrogen) atoms. The number of amides is 2. The number of thioether (sulfide) groups is 1. The third-order valence-electron chi connectivity index (χ3n) is 5.64. The second-order valence-electron chi connectivity index (χ2n) is 8.01. The number of hydrogen-bond acceptors (Lipinski definition) is 3. The number of halogens is 3. The summed E-state index contributed by atoms with van der Waals surface area (Å²) >= 11 is 10.8. The maximum absolute atomic E-state index is 14.0. The van der Waals surface area contributed by atoms with Crippen LogP contribution in [-0.4, -0.2) is 34.6 Å². The fourth-order valence-corrected chi connectivity index (χ4v) is 5.50. The van der Waals surface area contributed by atoms with E-state index < -0.39 is 6.04 Å². The number of carbonyl (C=O) groups is 2. The number of rotatable bonds is 9. The molecule has 1 saturated carbocycles. The monoisotopic (exact) mass is 540 g/mol. The predicted molar refractivity (Wildman–Crippen MR) is 132 cm³/mol. The highest BCUT2D eigenvalue weighted by Crippen LogP contribution is 2.25. The standard InChI is InChI=1S/C24H27BrClFN2O2S/c1-16(24(31)28-19-8-2-3-9-19)29(13-17-6-4-7-18(25)12-17)23(30)15-32-14-20-21(26)10-5-11-22(20)27/h4-7,10-12,16,19H,2-3,8-9,13-15H2,1H3,(H,28,31)/t16-/m1/s1. The van der Waals surface area contributed by atoms with E-state index in [9.17, 15) is 14.0 Å². The van der Waals surface area contributed by atoms with Crippen LogP contribution in [0.2, 0.25) is 5.02 Å². The zero-order valence-corrected chi connectivity index (χ0v) is 21.1. The molecule has 1 aliphatic carbocycles. The van der Waals surface area contributed by atoms with Gasteiger partial charge in [-0.25, -0.2) is 4.39 Å². The molecule has 2 aromatic carbocycles. The predicted octanol–water partition coefficient (Wildman–Crippen LogP) is 5.95. The smallest absolute Gasteiger partial charge is 0.242 e. The fourth-order valence-electron chi connectivity index (χ4n) is 3.80. The molecule has 3 rings (SSSR count). The van der Waals surface area contributed by atoms with Crippen molar-refractivity contribution in [1.29, 1.82) is 0 Å². The number of hydrogen-bond donors (Lipinski definition) is 1. The van der Waals surface area contributed by atoms with Crippen molar-refractivity contribution in [3.05, 3.63) is 68.9 Å². The van der Waals surface area contributed by atoms with Gasteiger partial charge in [0.25, 0.3) is 0 Å². The first-order chi connectivity index (χ1) is 15.3. The Kier molecular flexibility index (Phi) is 9.44. The van der Waals surface area contributed by atoms with Crippen LogP contribution in [0.15, 0.2) is 46.9 Å². The molecule has 8 heteroatoms. The fraction of sp³-hybridized carbons (Fsp3) is 0.417. The van der Waals surface area contributed by atoms with Crippen molar-refractivity contribution in [2.75, 3.05) is 5.75 Å². The first-order valence-corrected chi connectivity index (χ1v) is 13.0. The van der Waals surface area contributed by atoms with E-state index in [0.29, 0.717) is 17.1 Å². The molecule has 172 valence electrons. The van der Waals surface area contributed by atoms with Gasteiger partial charge in [-0.15, -0.1) is 11.8 Å². The Balaban J connectivity index is 1.68. The average molecular weight is 542 g/mol. The maximum atomic E-state index is 14.0. The van der Waals surface area contributed by atoms with E-state index in [-0.39, 0.29) is 35.2 Å². The Morgan fingerprint density at radius 2 is 1.97 bits per heavy atom. The van der Waals surface area contributed by atoms with Gasteiger partial charge in [0, 0.05) is 33.4 Å². The minimum absolute atomic E-state index is 0.125. The lowest BCUT2D eigenvalue weighted by molar-refractivity contribution is -0.138. The van der Waals surface area contributed by atoms with Crippen LogP contribution in [0.4, 0.5) is 4.39 Å². The Hall–Kier alpha value is -1.57. The van der Waals surface area contributed by atoms with Gasteiger partial charge in [-0.05, 0) is 49.6 Å². The van der Waals surface area contributed by atoms with Crippen molar-refractivity contribution in [2.45, 2.75) is 57.0 Å².